The van der Waals surface area contributed by atoms with Crippen LogP contribution in [0.25, 0.3) is 0 Å². The molecule has 0 amide bonds. The fourth-order valence-corrected chi connectivity index (χ4v) is 2.08. The summed E-state index contributed by atoms with van der Waals surface area (Å²) >= 11 is 0. The molecule has 0 spiro atoms. The molecule has 0 aliphatic heterocycles. The number of nitrogens with one attached hydrogen (secondary N) is 1. The van der Waals surface area contributed by atoms with Crippen LogP contribution in [-0.2, 0) is 0 Å². The van der Waals surface area contributed by atoms with E-state index in [-0.39, 0.29) is 6.61 Å². The molecule has 20 heavy (non-hydrogen) atoms. The van der Waals surface area contributed by atoms with E-state index in [9.17, 15) is 5.11 Å². The van der Waals surface area contributed by atoms with Gasteiger partial charge >= 0.3 is 0 Å². The van der Waals surface area contributed by atoms with Crippen molar-refractivity contribution in [1.29, 1.82) is 0 Å². The molecule has 4 nitrogen and oxygen atoms in total. The van der Waals surface area contributed by atoms with E-state index in [0.717, 1.165) is 19.3 Å². The average Bonchev–Trinajstić information content (AvgIpc) is 2.49. The lowest BCUT2D eigenvalue weighted by atomic mass is 10.1. The van der Waals surface area contributed by atoms with Gasteiger partial charge in [-0.25, -0.2) is 0 Å². The SMILES string of the molecule is CCCC(CC)NCC(O)COc1ccccc1OC. The van der Waals surface area contributed by atoms with Crippen LogP contribution in [0, 0.1) is 0 Å². The zero-order valence-corrected chi connectivity index (χ0v) is 12.8. The monoisotopic (exact) mass is 281 g/mol. The van der Waals surface area contributed by atoms with Crippen LogP contribution in [0.3, 0.4) is 0 Å². The van der Waals surface area contributed by atoms with E-state index in [0.29, 0.717) is 24.1 Å². The highest BCUT2D eigenvalue weighted by Crippen LogP contribution is 2.25. The number of para-hydroxylation sites is 2. The standard InChI is InChI=1S/C16H27NO3/c1-4-8-13(5-2)17-11-14(18)12-20-16-10-7-6-9-15(16)19-3/h6-7,9-10,13-14,17-18H,4-5,8,11-12H2,1-3H3. The third-order valence-corrected chi connectivity index (χ3v) is 3.27. The van der Waals surface area contributed by atoms with E-state index in [1.807, 2.05) is 24.3 Å². The van der Waals surface area contributed by atoms with Crippen molar-refractivity contribution < 1.29 is 14.6 Å². The number of hydrogen-bond donors (Lipinski definition) is 2. The summed E-state index contributed by atoms with van der Waals surface area (Å²) in [5.74, 6) is 1.35. The van der Waals surface area contributed by atoms with Crippen molar-refractivity contribution in [3.05, 3.63) is 24.3 Å². The molecular weight excluding hydrogens is 254 g/mol. The molecule has 1 aromatic rings. The minimum atomic E-state index is -0.522. The summed E-state index contributed by atoms with van der Waals surface area (Å²) in [6, 6.07) is 7.93. The van der Waals surface area contributed by atoms with Gasteiger partial charge in [-0.2, -0.15) is 0 Å². The second kappa shape index (κ2) is 9.61. The first-order valence-corrected chi connectivity index (χ1v) is 7.38. The summed E-state index contributed by atoms with van der Waals surface area (Å²) in [7, 11) is 1.61. The van der Waals surface area contributed by atoms with Crippen LogP contribution in [0.2, 0.25) is 0 Å². The smallest absolute Gasteiger partial charge is 0.161 e. The second-order valence-corrected chi connectivity index (χ2v) is 4.92. The van der Waals surface area contributed by atoms with E-state index in [4.69, 9.17) is 9.47 Å². The molecule has 0 saturated carbocycles. The Balaban J connectivity index is 2.33. The molecule has 0 saturated heterocycles. The number of methoxy groups -OCH3 is 1. The molecule has 0 aliphatic carbocycles. The second-order valence-electron chi connectivity index (χ2n) is 4.92. The van der Waals surface area contributed by atoms with Crippen LogP contribution in [0.5, 0.6) is 11.5 Å². The molecule has 0 heterocycles. The number of aliphatic hydroxyl groups excluding tert-OH is 1. The Morgan fingerprint density at radius 1 is 1.20 bits per heavy atom. The Hall–Kier alpha value is -1.26. The van der Waals surface area contributed by atoms with Crippen LogP contribution in [0.4, 0.5) is 0 Å². The Kier molecular flexibility index (Phi) is 8.07. The third kappa shape index (κ3) is 5.80. The van der Waals surface area contributed by atoms with Crippen LogP contribution >= 0.6 is 0 Å². The van der Waals surface area contributed by atoms with E-state index in [2.05, 4.69) is 19.2 Å². The lowest BCUT2D eigenvalue weighted by molar-refractivity contribution is 0.101. The van der Waals surface area contributed by atoms with E-state index in [1.54, 1.807) is 7.11 Å². The van der Waals surface area contributed by atoms with Gasteiger partial charge in [0.25, 0.3) is 0 Å². The fraction of sp³-hybridized carbons (Fsp3) is 0.625. The Bertz CT molecular complexity index is 370. The van der Waals surface area contributed by atoms with Crippen LogP contribution in [0.1, 0.15) is 33.1 Å². The van der Waals surface area contributed by atoms with Gasteiger partial charge in [0.1, 0.15) is 12.7 Å². The minimum absolute atomic E-state index is 0.260. The quantitative estimate of drug-likeness (QED) is 0.692. The van der Waals surface area contributed by atoms with Crippen molar-refractivity contribution in [2.75, 3.05) is 20.3 Å². The van der Waals surface area contributed by atoms with Gasteiger partial charge in [-0.1, -0.05) is 32.4 Å². The fourth-order valence-electron chi connectivity index (χ4n) is 2.08. The van der Waals surface area contributed by atoms with Crippen LogP contribution < -0.4 is 14.8 Å². The average molecular weight is 281 g/mol. The summed E-state index contributed by atoms with van der Waals surface area (Å²) in [5.41, 5.74) is 0. The molecule has 4 heteroatoms. The first kappa shape index (κ1) is 16.8. The summed E-state index contributed by atoms with van der Waals surface area (Å²) in [6.07, 6.45) is 2.84. The van der Waals surface area contributed by atoms with Crippen molar-refractivity contribution in [2.45, 2.75) is 45.3 Å². The number of benzene rings is 1. The predicted octanol–water partition coefficient (Wildman–Crippen LogP) is 2.60. The Morgan fingerprint density at radius 3 is 2.50 bits per heavy atom. The van der Waals surface area contributed by atoms with Gasteiger partial charge < -0.3 is 19.9 Å². The minimum Gasteiger partial charge on any atom is -0.493 e. The largest absolute Gasteiger partial charge is 0.493 e. The molecule has 2 N–H and O–H groups in total. The summed E-state index contributed by atoms with van der Waals surface area (Å²) < 4.78 is 10.8. The molecule has 0 aromatic heterocycles. The highest BCUT2D eigenvalue weighted by atomic mass is 16.5. The van der Waals surface area contributed by atoms with Gasteiger partial charge in [-0.05, 0) is 25.0 Å². The topological polar surface area (TPSA) is 50.7 Å². The first-order valence-electron chi connectivity index (χ1n) is 7.38. The molecule has 1 aromatic carbocycles. The summed E-state index contributed by atoms with van der Waals surface area (Å²) in [6.45, 7) is 5.14. The maximum atomic E-state index is 9.96. The van der Waals surface area contributed by atoms with E-state index >= 15 is 0 Å². The molecule has 114 valence electrons. The number of aliphatic hydroxyl groups is 1. The zero-order chi connectivity index (χ0) is 14.8. The van der Waals surface area contributed by atoms with E-state index < -0.39 is 6.10 Å². The maximum absolute atomic E-state index is 9.96. The predicted molar refractivity (Wildman–Crippen MR) is 81.5 cm³/mol. The Labute approximate surface area is 122 Å². The maximum Gasteiger partial charge on any atom is 0.161 e. The molecule has 0 aliphatic rings. The summed E-state index contributed by atoms with van der Waals surface area (Å²) in [5, 5.41) is 13.3. The van der Waals surface area contributed by atoms with Gasteiger partial charge in [0.2, 0.25) is 0 Å². The number of rotatable bonds is 10. The van der Waals surface area contributed by atoms with Gasteiger partial charge in [-0.3, -0.25) is 0 Å². The highest BCUT2D eigenvalue weighted by Gasteiger charge is 2.10. The molecule has 0 bridgehead atoms. The van der Waals surface area contributed by atoms with Crippen molar-refractivity contribution in [3.8, 4) is 11.5 Å². The third-order valence-electron chi connectivity index (χ3n) is 3.27. The van der Waals surface area contributed by atoms with Crippen molar-refractivity contribution >= 4 is 0 Å². The van der Waals surface area contributed by atoms with Gasteiger partial charge in [0, 0.05) is 12.6 Å². The normalized spacial score (nSPS) is 13.8. The lowest BCUT2D eigenvalue weighted by Gasteiger charge is -2.19. The van der Waals surface area contributed by atoms with Crippen molar-refractivity contribution in [1.82, 2.24) is 5.32 Å². The van der Waals surface area contributed by atoms with Crippen LogP contribution in [-0.4, -0.2) is 37.5 Å². The zero-order valence-electron chi connectivity index (χ0n) is 12.8. The summed E-state index contributed by atoms with van der Waals surface area (Å²) in [4.78, 5) is 0. The van der Waals surface area contributed by atoms with Gasteiger partial charge in [0.05, 0.1) is 7.11 Å². The van der Waals surface area contributed by atoms with Crippen LogP contribution in [0.15, 0.2) is 24.3 Å². The lowest BCUT2D eigenvalue weighted by Crippen LogP contribution is -2.37. The molecule has 1 rings (SSSR count). The Morgan fingerprint density at radius 2 is 1.90 bits per heavy atom. The molecular formula is C16H27NO3. The molecule has 0 fully saturated rings. The number of hydrogen-bond acceptors (Lipinski definition) is 4. The van der Waals surface area contributed by atoms with E-state index in [1.165, 1.54) is 0 Å². The highest BCUT2D eigenvalue weighted by molar-refractivity contribution is 5.39. The van der Waals surface area contributed by atoms with Crippen molar-refractivity contribution in [3.63, 3.8) is 0 Å². The number of ether oxygens (including phenoxy) is 2. The van der Waals surface area contributed by atoms with Gasteiger partial charge in [-0.15, -0.1) is 0 Å². The van der Waals surface area contributed by atoms with Crippen molar-refractivity contribution in [2.24, 2.45) is 0 Å². The molecule has 2 atom stereocenters. The molecule has 2 unspecified atom stereocenters. The first-order chi connectivity index (χ1) is 9.71. The van der Waals surface area contributed by atoms with Gasteiger partial charge in [0.15, 0.2) is 11.5 Å². The molecule has 0 radical (unpaired) electrons.